The Kier molecular flexibility index (Phi) is 3.13. The molecular formula is C11H11IN2O2. The lowest BCUT2D eigenvalue weighted by Crippen LogP contribution is -2.49. The third kappa shape index (κ3) is 2.18. The van der Waals surface area contributed by atoms with E-state index >= 15 is 0 Å². The van der Waals surface area contributed by atoms with Crippen molar-refractivity contribution in [1.29, 1.82) is 0 Å². The fourth-order valence-corrected chi connectivity index (χ4v) is 2.06. The number of hydrogen-bond acceptors (Lipinski definition) is 2. The average Bonchev–Trinajstić information content (AvgIpc) is 2.22. The summed E-state index contributed by atoms with van der Waals surface area (Å²) in [6.07, 6.45) is 0.357. The summed E-state index contributed by atoms with van der Waals surface area (Å²) in [7, 11) is 0. The maximum atomic E-state index is 11.6. The number of nitrogens with zero attached hydrogens (tertiary/aromatic N) is 1. The summed E-state index contributed by atoms with van der Waals surface area (Å²) in [5.41, 5.74) is 2.01. The minimum atomic E-state index is -0.337. The molecule has 1 aliphatic rings. The van der Waals surface area contributed by atoms with Crippen LogP contribution in [0.15, 0.2) is 18.2 Å². The summed E-state index contributed by atoms with van der Waals surface area (Å²) in [4.78, 5) is 24.2. The highest BCUT2D eigenvalue weighted by atomic mass is 127. The average molecular weight is 330 g/mol. The van der Waals surface area contributed by atoms with Gasteiger partial charge in [-0.05, 0) is 47.2 Å². The van der Waals surface area contributed by atoms with Crippen molar-refractivity contribution in [3.05, 3.63) is 27.3 Å². The summed E-state index contributed by atoms with van der Waals surface area (Å²) >= 11 is 2.23. The van der Waals surface area contributed by atoms with Crippen molar-refractivity contribution >= 4 is 40.2 Å². The molecule has 0 aromatic heterocycles. The molecule has 1 aliphatic heterocycles. The number of benzene rings is 1. The van der Waals surface area contributed by atoms with Crippen LogP contribution in [-0.2, 0) is 4.79 Å². The van der Waals surface area contributed by atoms with E-state index in [4.69, 9.17) is 0 Å². The second-order valence-corrected chi connectivity index (χ2v) is 4.85. The monoisotopic (exact) mass is 330 g/mol. The van der Waals surface area contributed by atoms with E-state index in [-0.39, 0.29) is 11.9 Å². The van der Waals surface area contributed by atoms with Crippen molar-refractivity contribution in [3.63, 3.8) is 0 Å². The Morgan fingerprint density at radius 3 is 2.75 bits per heavy atom. The number of amides is 3. The number of carbonyl (C=O) groups excluding carboxylic acids is 2. The Morgan fingerprint density at radius 2 is 2.12 bits per heavy atom. The summed E-state index contributed by atoms with van der Waals surface area (Å²) in [5.74, 6) is -0.206. The van der Waals surface area contributed by atoms with Gasteiger partial charge in [0.15, 0.2) is 0 Å². The highest BCUT2D eigenvalue weighted by Crippen LogP contribution is 2.22. The Bertz CT molecular complexity index is 459. The zero-order valence-corrected chi connectivity index (χ0v) is 10.9. The fourth-order valence-electron chi connectivity index (χ4n) is 1.56. The molecule has 0 spiro atoms. The van der Waals surface area contributed by atoms with E-state index in [1.54, 1.807) is 4.90 Å². The lowest BCUT2D eigenvalue weighted by atomic mass is 10.2. The number of anilines is 1. The number of nitrogens with one attached hydrogen (secondary N) is 1. The van der Waals surface area contributed by atoms with E-state index in [0.717, 1.165) is 9.26 Å². The first-order valence-electron chi connectivity index (χ1n) is 4.95. The second-order valence-electron chi connectivity index (χ2n) is 3.69. The summed E-state index contributed by atoms with van der Waals surface area (Å²) in [5, 5.41) is 2.31. The third-order valence-corrected chi connectivity index (χ3v) is 3.68. The first-order chi connectivity index (χ1) is 7.58. The number of rotatable bonds is 1. The minimum Gasteiger partial charge on any atom is -0.294 e. The van der Waals surface area contributed by atoms with Crippen LogP contribution in [0, 0.1) is 10.5 Å². The van der Waals surface area contributed by atoms with Crippen LogP contribution in [0.4, 0.5) is 10.5 Å². The predicted molar refractivity (Wildman–Crippen MR) is 69.4 cm³/mol. The van der Waals surface area contributed by atoms with Crippen molar-refractivity contribution in [2.75, 3.05) is 11.4 Å². The Morgan fingerprint density at radius 1 is 1.38 bits per heavy atom. The van der Waals surface area contributed by atoms with Crippen LogP contribution >= 0.6 is 22.6 Å². The van der Waals surface area contributed by atoms with Gasteiger partial charge in [0.25, 0.3) is 0 Å². The molecule has 1 N–H and O–H groups in total. The number of aryl methyl sites for hydroxylation is 1. The van der Waals surface area contributed by atoms with Gasteiger partial charge in [-0.3, -0.25) is 15.0 Å². The third-order valence-electron chi connectivity index (χ3n) is 2.52. The molecule has 4 nitrogen and oxygen atoms in total. The van der Waals surface area contributed by atoms with Crippen molar-refractivity contribution in [3.8, 4) is 0 Å². The van der Waals surface area contributed by atoms with Gasteiger partial charge in [0.1, 0.15) is 0 Å². The van der Waals surface area contributed by atoms with Crippen molar-refractivity contribution in [1.82, 2.24) is 5.32 Å². The predicted octanol–water partition coefficient (Wildman–Crippen LogP) is 2.05. The van der Waals surface area contributed by atoms with Gasteiger partial charge in [0.05, 0.1) is 0 Å². The van der Waals surface area contributed by atoms with Gasteiger partial charge >= 0.3 is 6.03 Å². The topological polar surface area (TPSA) is 49.4 Å². The highest BCUT2D eigenvalue weighted by molar-refractivity contribution is 14.1. The number of urea groups is 1. The SMILES string of the molecule is Cc1ccc(N2CCC(=O)NC2=O)cc1I. The summed E-state index contributed by atoms with van der Waals surface area (Å²) in [6.45, 7) is 2.47. The number of carbonyl (C=O) groups is 2. The molecule has 3 amide bonds. The normalized spacial score (nSPS) is 16.2. The molecule has 0 radical (unpaired) electrons. The summed E-state index contributed by atoms with van der Waals surface area (Å²) in [6, 6.07) is 5.48. The van der Waals surface area contributed by atoms with E-state index < -0.39 is 0 Å². The van der Waals surface area contributed by atoms with Crippen LogP contribution in [0.1, 0.15) is 12.0 Å². The molecule has 5 heteroatoms. The molecule has 0 bridgehead atoms. The van der Waals surface area contributed by atoms with E-state index in [2.05, 4.69) is 27.9 Å². The van der Waals surface area contributed by atoms with Crippen LogP contribution in [0.25, 0.3) is 0 Å². The van der Waals surface area contributed by atoms with Gasteiger partial charge in [0.2, 0.25) is 5.91 Å². The van der Waals surface area contributed by atoms with Gasteiger partial charge in [0, 0.05) is 22.2 Å². The van der Waals surface area contributed by atoms with Crippen LogP contribution in [0.3, 0.4) is 0 Å². The van der Waals surface area contributed by atoms with Crippen LogP contribution in [0.2, 0.25) is 0 Å². The second kappa shape index (κ2) is 4.40. The number of imide groups is 1. The Labute approximate surface area is 107 Å². The Balaban J connectivity index is 2.27. The molecule has 1 aromatic carbocycles. The standard InChI is InChI=1S/C11H11IN2O2/c1-7-2-3-8(6-9(7)12)14-5-4-10(15)13-11(14)16/h2-3,6H,4-5H2,1H3,(H,13,15,16). The highest BCUT2D eigenvalue weighted by Gasteiger charge is 2.24. The molecule has 16 heavy (non-hydrogen) atoms. The minimum absolute atomic E-state index is 0.206. The quantitative estimate of drug-likeness (QED) is 0.801. The van der Waals surface area contributed by atoms with E-state index in [0.29, 0.717) is 13.0 Å². The molecule has 84 valence electrons. The molecular weight excluding hydrogens is 319 g/mol. The van der Waals surface area contributed by atoms with Gasteiger partial charge in [-0.1, -0.05) is 6.07 Å². The molecule has 0 aliphatic carbocycles. The van der Waals surface area contributed by atoms with Crippen LogP contribution in [-0.4, -0.2) is 18.5 Å². The first-order valence-corrected chi connectivity index (χ1v) is 6.03. The van der Waals surface area contributed by atoms with Gasteiger partial charge in [-0.2, -0.15) is 0 Å². The summed E-state index contributed by atoms with van der Waals surface area (Å²) < 4.78 is 1.11. The molecule has 0 saturated carbocycles. The van der Waals surface area contributed by atoms with Gasteiger partial charge in [-0.25, -0.2) is 4.79 Å². The van der Waals surface area contributed by atoms with E-state index in [1.807, 2.05) is 25.1 Å². The smallest absolute Gasteiger partial charge is 0.294 e. The largest absolute Gasteiger partial charge is 0.328 e. The van der Waals surface area contributed by atoms with Crippen molar-refractivity contribution in [2.24, 2.45) is 0 Å². The maximum absolute atomic E-state index is 11.6. The molecule has 0 unspecified atom stereocenters. The molecule has 1 aromatic rings. The Hall–Kier alpha value is -1.11. The number of hydrogen-bond donors (Lipinski definition) is 1. The zero-order valence-electron chi connectivity index (χ0n) is 8.79. The fraction of sp³-hybridized carbons (Fsp3) is 0.273. The molecule has 0 atom stereocenters. The lowest BCUT2D eigenvalue weighted by Gasteiger charge is -2.26. The van der Waals surface area contributed by atoms with Crippen molar-refractivity contribution in [2.45, 2.75) is 13.3 Å². The zero-order chi connectivity index (χ0) is 11.7. The van der Waals surface area contributed by atoms with Crippen molar-refractivity contribution < 1.29 is 9.59 Å². The first kappa shape index (κ1) is 11.4. The molecule has 1 heterocycles. The van der Waals surface area contributed by atoms with Crippen LogP contribution in [0.5, 0.6) is 0 Å². The lowest BCUT2D eigenvalue weighted by molar-refractivity contribution is -0.120. The molecule has 2 rings (SSSR count). The molecule has 1 fully saturated rings. The number of halogens is 1. The van der Waals surface area contributed by atoms with Gasteiger partial charge in [-0.15, -0.1) is 0 Å². The molecule has 1 saturated heterocycles. The van der Waals surface area contributed by atoms with E-state index in [1.165, 1.54) is 5.56 Å². The van der Waals surface area contributed by atoms with Crippen LogP contribution < -0.4 is 10.2 Å². The maximum Gasteiger partial charge on any atom is 0.328 e. The van der Waals surface area contributed by atoms with E-state index in [9.17, 15) is 9.59 Å². The van der Waals surface area contributed by atoms with Gasteiger partial charge < -0.3 is 0 Å².